The number of amides is 1. The van der Waals surface area contributed by atoms with Gasteiger partial charge in [0.2, 0.25) is 5.91 Å². The third kappa shape index (κ3) is 4.18. The van der Waals surface area contributed by atoms with Crippen molar-refractivity contribution in [2.75, 3.05) is 5.32 Å². The van der Waals surface area contributed by atoms with Crippen molar-refractivity contribution in [2.24, 2.45) is 0 Å². The average molecular weight is 428 g/mol. The molecule has 0 atom stereocenters. The first-order valence-corrected chi connectivity index (χ1v) is 9.63. The van der Waals surface area contributed by atoms with Gasteiger partial charge in [0.05, 0.1) is 17.3 Å². The van der Waals surface area contributed by atoms with Gasteiger partial charge in [0.15, 0.2) is 5.13 Å². The molecule has 0 saturated carbocycles. The van der Waals surface area contributed by atoms with E-state index in [1.54, 1.807) is 47.8 Å². The van der Waals surface area contributed by atoms with E-state index in [4.69, 9.17) is 0 Å². The minimum atomic E-state index is -2.96. The van der Waals surface area contributed by atoms with E-state index < -0.39 is 12.5 Å². The molecule has 152 valence electrons. The van der Waals surface area contributed by atoms with Crippen LogP contribution in [0.15, 0.2) is 64.9 Å². The highest BCUT2D eigenvalue weighted by atomic mass is 32.1. The molecule has 7 nitrogen and oxygen atoms in total. The Kier molecular flexibility index (Phi) is 5.48. The van der Waals surface area contributed by atoms with E-state index in [0.717, 1.165) is 16.0 Å². The van der Waals surface area contributed by atoms with Crippen molar-refractivity contribution in [1.82, 2.24) is 14.8 Å². The number of hydrogen-bond donors (Lipinski definition) is 1. The van der Waals surface area contributed by atoms with Gasteiger partial charge in [-0.05, 0) is 18.2 Å². The van der Waals surface area contributed by atoms with E-state index in [1.165, 1.54) is 12.3 Å². The Morgan fingerprint density at radius 1 is 1.17 bits per heavy atom. The minimum Gasteiger partial charge on any atom is -0.434 e. The highest BCUT2D eigenvalue weighted by Gasteiger charge is 2.15. The molecule has 0 bridgehead atoms. The molecule has 2 heterocycles. The predicted molar refractivity (Wildman–Crippen MR) is 109 cm³/mol. The number of carbonyl (C=O) groups excluding carboxylic acids is 1. The third-order valence-corrected chi connectivity index (χ3v) is 4.94. The quantitative estimate of drug-likeness (QED) is 0.505. The molecule has 2 aromatic carbocycles. The van der Waals surface area contributed by atoms with Gasteiger partial charge in [0, 0.05) is 16.3 Å². The number of alkyl halides is 2. The zero-order valence-electron chi connectivity index (χ0n) is 15.3. The number of thiazole rings is 1. The third-order valence-electron chi connectivity index (χ3n) is 4.18. The lowest BCUT2D eigenvalue weighted by molar-refractivity contribution is -0.117. The first-order valence-electron chi connectivity index (χ1n) is 8.76. The molecule has 0 unspecified atom stereocenters. The van der Waals surface area contributed by atoms with Gasteiger partial charge in [-0.15, -0.1) is 11.3 Å². The second-order valence-corrected chi connectivity index (χ2v) is 7.01. The highest BCUT2D eigenvalue weighted by Crippen LogP contribution is 2.32. The molecule has 0 radical (unpaired) electrons. The van der Waals surface area contributed by atoms with Gasteiger partial charge < -0.3 is 10.1 Å². The zero-order chi connectivity index (χ0) is 21.1. The van der Waals surface area contributed by atoms with E-state index in [0.29, 0.717) is 22.0 Å². The lowest BCUT2D eigenvalue weighted by atomic mass is 10.1. The SMILES string of the molecule is O=C(Cn1ncc2ccccc2c1=O)Nc1nc(-c2ccccc2OC(F)F)cs1. The van der Waals surface area contributed by atoms with Crippen LogP contribution in [-0.4, -0.2) is 27.3 Å². The number of fused-ring (bicyclic) bond motifs is 1. The number of para-hydroxylation sites is 1. The van der Waals surface area contributed by atoms with E-state index >= 15 is 0 Å². The summed E-state index contributed by atoms with van der Waals surface area (Å²) in [5.74, 6) is -0.500. The van der Waals surface area contributed by atoms with Crippen LogP contribution in [0.4, 0.5) is 13.9 Å². The van der Waals surface area contributed by atoms with Crippen LogP contribution in [0.1, 0.15) is 0 Å². The maximum Gasteiger partial charge on any atom is 0.387 e. The van der Waals surface area contributed by atoms with Crippen LogP contribution in [0, 0.1) is 0 Å². The molecular formula is C20H14F2N4O3S. The monoisotopic (exact) mass is 428 g/mol. The van der Waals surface area contributed by atoms with E-state index in [2.05, 4.69) is 20.1 Å². The van der Waals surface area contributed by atoms with Gasteiger partial charge >= 0.3 is 6.61 Å². The summed E-state index contributed by atoms with van der Waals surface area (Å²) in [6.45, 7) is -3.25. The first-order chi connectivity index (χ1) is 14.5. The minimum absolute atomic E-state index is 0.0115. The van der Waals surface area contributed by atoms with Crippen molar-refractivity contribution in [2.45, 2.75) is 13.2 Å². The number of halogens is 2. The highest BCUT2D eigenvalue weighted by molar-refractivity contribution is 7.14. The maximum atomic E-state index is 12.6. The largest absolute Gasteiger partial charge is 0.434 e. The van der Waals surface area contributed by atoms with Gasteiger partial charge in [-0.25, -0.2) is 9.67 Å². The second-order valence-electron chi connectivity index (χ2n) is 6.16. The van der Waals surface area contributed by atoms with Crippen LogP contribution in [0.2, 0.25) is 0 Å². The summed E-state index contributed by atoms with van der Waals surface area (Å²) in [7, 11) is 0. The Morgan fingerprint density at radius 3 is 2.77 bits per heavy atom. The summed E-state index contributed by atoms with van der Waals surface area (Å²) >= 11 is 1.12. The summed E-state index contributed by atoms with van der Waals surface area (Å²) in [6.07, 6.45) is 1.52. The fraction of sp³-hybridized carbons (Fsp3) is 0.100. The predicted octanol–water partition coefficient (Wildman–Crippen LogP) is 3.76. The number of anilines is 1. The number of rotatable bonds is 6. The molecule has 4 aromatic rings. The van der Waals surface area contributed by atoms with Crippen LogP contribution in [-0.2, 0) is 11.3 Å². The van der Waals surface area contributed by atoms with E-state index in [-0.39, 0.29) is 23.0 Å². The number of nitrogens with zero attached hydrogens (tertiary/aromatic N) is 3. The molecule has 2 aromatic heterocycles. The molecule has 1 amide bonds. The summed E-state index contributed by atoms with van der Waals surface area (Å²) in [6, 6.07) is 13.2. The van der Waals surface area contributed by atoms with Crippen molar-refractivity contribution < 1.29 is 18.3 Å². The Bertz CT molecular complexity index is 1270. The molecular weight excluding hydrogens is 414 g/mol. The summed E-state index contributed by atoms with van der Waals surface area (Å²) < 4.78 is 30.8. The van der Waals surface area contributed by atoms with Crippen LogP contribution < -0.4 is 15.6 Å². The molecule has 0 aliphatic heterocycles. The zero-order valence-corrected chi connectivity index (χ0v) is 16.1. The number of benzene rings is 2. The van der Waals surface area contributed by atoms with Crippen LogP contribution in [0.25, 0.3) is 22.0 Å². The molecule has 1 N–H and O–H groups in total. The number of hydrogen-bond acceptors (Lipinski definition) is 6. The maximum absolute atomic E-state index is 12.6. The van der Waals surface area contributed by atoms with Crippen molar-refractivity contribution in [3.63, 3.8) is 0 Å². The average Bonchev–Trinajstić information content (AvgIpc) is 3.18. The van der Waals surface area contributed by atoms with Gasteiger partial charge in [-0.3, -0.25) is 9.59 Å². The Hall–Kier alpha value is -3.66. The molecule has 0 fully saturated rings. The second kappa shape index (κ2) is 8.37. The van der Waals surface area contributed by atoms with Crippen LogP contribution in [0.3, 0.4) is 0 Å². The molecule has 4 rings (SSSR count). The summed E-state index contributed by atoms with van der Waals surface area (Å²) in [5, 5.41) is 9.64. The number of ether oxygens (including phenoxy) is 1. The number of nitrogens with one attached hydrogen (secondary N) is 1. The summed E-state index contributed by atoms with van der Waals surface area (Å²) in [5.41, 5.74) is 0.385. The van der Waals surface area contributed by atoms with Gasteiger partial charge in [-0.2, -0.15) is 13.9 Å². The molecule has 0 aliphatic rings. The molecule has 0 saturated heterocycles. The van der Waals surface area contributed by atoms with Crippen LogP contribution >= 0.6 is 11.3 Å². The topological polar surface area (TPSA) is 86.1 Å². The Morgan fingerprint density at radius 2 is 1.93 bits per heavy atom. The Labute approximate surface area is 172 Å². The van der Waals surface area contributed by atoms with Gasteiger partial charge in [-0.1, -0.05) is 30.3 Å². The number of carbonyl (C=O) groups is 1. The van der Waals surface area contributed by atoms with Gasteiger partial charge in [0.1, 0.15) is 12.3 Å². The summed E-state index contributed by atoms with van der Waals surface area (Å²) in [4.78, 5) is 29.1. The normalized spacial score (nSPS) is 11.0. The Balaban J connectivity index is 1.50. The molecule has 10 heteroatoms. The lowest BCUT2D eigenvalue weighted by Crippen LogP contribution is -2.29. The van der Waals surface area contributed by atoms with Crippen molar-refractivity contribution in [3.05, 3.63) is 70.5 Å². The van der Waals surface area contributed by atoms with Crippen molar-refractivity contribution in [3.8, 4) is 17.0 Å². The molecule has 0 aliphatic carbocycles. The van der Waals surface area contributed by atoms with Crippen molar-refractivity contribution in [1.29, 1.82) is 0 Å². The van der Waals surface area contributed by atoms with Gasteiger partial charge in [0.25, 0.3) is 5.56 Å². The van der Waals surface area contributed by atoms with E-state index in [9.17, 15) is 18.4 Å². The first kappa shape index (κ1) is 19.6. The smallest absolute Gasteiger partial charge is 0.387 e. The number of aromatic nitrogens is 3. The standard InChI is InChI=1S/C20H14F2N4O3S/c21-19(22)29-16-8-4-3-7-14(16)15-11-30-20(24-15)25-17(27)10-26-18(28)13-6-2-1-5-12(13)9-23-26/h1-9,11,19H,10H2,(H,24,25,27). The molecule has 0 spiro atoms. The fourth-order valence-electron chi connectivity index (χ4n) is 2.87. The van der Waals surface area contributed by atoms with Crippen molar-refractivity contribution >= 4 is 33.1 Å². The lowest BCUT2D eigenvalue weighted by Gasteiger charge is -2.08. The van der Waals surface area contributed by atoms with E-state index in [1.807, 2.05) is 0 Å². The fourth-order valence-corrected chi connectivity index (χ4v) is 3.59. The molecule has 30 heavy (non-hydrogen) atoms. The van der Waals surface area contributed by atoms with Crippen LogP contribution in [0.5, 0.6) is 5.75 Å².